The molecule has 0 amide bonds. The van der Waals surface area contributed by atoms with E-state index < -0.39 is 4.92 Å². The third kappa shape index (κ3) is 4.65. The molecule has 3 aromatic rings. The van der Waals surface area contributed by atoms with Crippen LogP contribution >= 0.6 is 0 Å². The smallest absolute Gasteiger partial charge is 0.258 e. The van der Waals surface area contributed by atoms with E-state index in [1.807, 2.05) is 54.6 Å². The van der Waals surface area contributed by atoms with E-state index in [1.54, 1.807) is 18.3 Å². The average Bonchev–Trinajstić information content (AvgIpc) is 2.68. The number of aliphatic imine (C=N–C) groups is 1. The monoisotopic (exact) mass is 340 g/mol. The molecular weight excluding hydrogens is 324 g/mol. The van der Waals surface area contributed by atoms with E-state index in [9.17, 15) is 10.1 Å². The summed E-state index contributed by atoms with van der Waals surface area (Å²) in [5.74, 6) is 6.32. The molecule has 0 aliphatic rings. The van der Waals surface area contributed by atoms with Crippen molar-refractivity contribution in [2.75, 3.05) is 0 Å². The van der Waals surface area contributed by atoms with Gasteiger partial charge in [0.2, 0.25) is 0 Å². The Morgan fingerprint density at radius 2 is 1.62 bits per heavy atom. The summed E-state index contributed by atoms with van der Waals surface area (Å²) in [6.07, 6.45) is 2.30. The largest absolute Gasteiger partial charge is 0.269 e. The van der Waals surface area contributed by atoms with Crippen LogP contribution in [0.25, 0.3) is 0 Å². The van der Waals surface area contributed by atoms with Gasteiger partial charge in [-0.25, -0.2) is 0 Å². The summed E-state index contributed by atoms with van der Waals surface area (Å²) in [6.45, 7) is 0. The van der Waals surface area contributed by atoms with Gasteiger partial charge in [-0.3, -0.25) is 15.1 Å². The van der Waals surface area contributed by atoms with E-state index in [0.717, 1.165) is 22.4 Å². The normalized spacial score (nSPS) is 10.3. The van der Waals surface area contributed by atoms with Crippen LogP contribution in [0.4, 0.5) is 11.4 Å². The molecule has 0 bridgehead atoms. The summed E-state index contributed by atoms with van der Waals surface area (Å²) < 4.78 is 0. The van der Waals surface area contributed by atoms with Gasteiger partial charge in [0.25, 0.3) is 5.69 Å². The fourth-order valence-corrected chi connectivity index (χ4v) is 2.38. The second-order valence-corrected chi connectivity index (χ2v) is 5.58. The van der Waals surface area contributed by atoms with Crippen LogP contribution in [-0.2, 0) is 6.42 Å². The standard InChI is InChI=1S/C22H16N2O2/c25-24(26)21-15-13-19(14-16-21)17-23-22-12-5-4-10-20(22)11-6-9-18-7-2-1-3-8-18/h1-5,7-8,10,12-17H,11H2. The number of non-ortho nitro benzene ring substituents is 1. The Morgan fingerprint density at radius 3 is 2.35 bits per heavy atom. The highest BCUT2D eigenvalue weighted by atomic mass is 16.6. The number of hydrogen-bond acceptors (Lipinski definition) is 3. The lowest BCUT2D eigenvalue weighted by atomic mass is 10.1. The van der Waals surface area contributed by atoms with Crippen molar-refractivity contribution in [3.63, 3.8) is 0 Å². The van der Waals surface area contributed by atoms with Crippen LogP contribution in [-0.4, -0.2) is 11.1 Å². The minimum Gasteiger partial charge on any atom is -0.258 e. The van der Waals surface area contributed by atoms with Crippen molar-refractivity contribution >= 4 is 17.6 Å². The van der Waals surface area contributed by atoms with Gasteiger partial charge in [-0.1, -0.05) is 48.2 Å². The molecule has 0 heterocycles. The molecule has 126 valence electrons. The molecular formula is C22H16N2O2. The van der Waals surface area contributed by atoms with Gasteiger partial charge >= 0.3 is 0 Å². The van der Waals surface area contributed by atoms with E-state index >= 15 is 0 Å². The highest BCUT2D eigenvalue weighted by Crippen LogP contribution is 2.19. The predicted molar refractivity (Wildman–Crippen MR) is 104 cm³/mol. The Morgan fingerprint density at radius 1 is 0.923 bits per heavy atom. The number of benzene rings is 3. The van der Waals surface area contributed by atoms with Crippen molar-refractivity contribution in [2.45, 2.75) is 6.42 Å². The second kappa shape index (κ2) is 8.41. The Kier molecular flexibility index (Phi) is 5.54. The quantitative estimate of drug-likeness (QED) is 0.292. The highest BCUT2D eigenvalue weighted by molar-refractivity contribution is 5.82. The SMILES string of the molecule is O=[N+]([O-])c1ccc(C=Nc2ccccc2CC#Cc2ccccc2)cc1. The van der Waals surface area contributed by atoms with E-state index in [4.69, 9.17) is 0 Å². The zero-order valence-corrected chi connectivity index (χ0v) is 14.0. The molecule has 3 rings (SSSR count). The van der Waals surface area contributed by atoms with Crippen LogP contribution in [0.3, 0.4) is 0 Å². The van der Waals surface area contributed by atoms with E-state index in [1.165, 1.54) is 12.1 Å². The van der Waals surface area contributed by atoms with Gasteiger partial charge in [-0.05, 0) is 41.5 Å². The summed E-state index contributed by atoms with van der Waals surface area (Å²) in [7, 11) is 0. The molecule has 0 radical (unpaired) electrons. The van der Waals surface area contributed by atoms with Gasteiger partial charge in [0, 0.05) is 30.3 Å². The lowest BCUT2D eigenvalue weighted by Gasteiger charge is -2.01. The maximum absolute atomic E-state index is 10.7. The summed E-state index contributed by atoms with van der Waals surface area (Å²) in [6, 6.07) is 24.0. The topological polar surface area (TPSA) is 55.5 Å². The predicted octanol–water partition coefficient (Wildman–Crippen LogP) is 4.94. The fraction of sp³-hybridized carbons (Fsp3) is 0.0455. The third-order valence-corrected chi connectivity index (χ3v) is 3.73. The van der Waals surface area contributed by atoms with Crippen LogP contribution in [0, 0.1) is 22.0 Å². The van der Waals surface area contributed by atoms with Crippen molar-refractivity contribution in [1.82, 2.24) is 0 Å². The number of nitro benzene ring substituents is 1. The lowest BCUT2D eigenvalue weighted by Crippen LogP contribution is -1.88. The van der Waals surface area contributed by atoms with Crippen LogP contribution < -0.4 is 0 Å². The van der Waals surface area contributed by atoms with Crippen LogP contribution in [0.2, 0.25) is 0 Å². The Bertz CT molecular complexity index is 982. The lowest BCUT2D eigenvalue weighted by molar-refractivity contribution is -0.384. The Labute approximate surface area is 152 Å². The minimum atomic E-state index is -0.415. The first-order chi connectivity index (χ1) is 12.7. The zero-order chi connectivity index (χ0) is 18.2. The molecule has 0 saturated heterocycles. The van der Waals surface area contributed by atoms with Crippen LogP contribution in [0.1, 0.15) is 16.7 Å². The molecule has 0 atom stereocenters. The van der Waals surface area contributed by atoms with Crippen molar-refractivity contribution < 1.29 is 4.92 Å². The molecule has 0 aliphatic heterocycles. The molecule has 3 aromatic carbocycles. The number of nitro groups is 1. The molecule has 4 nitrogen and oxygen atoms in total. The first-order valence-electron chi connectivity index (χ1n) is 8.13. The van der Waals surface area contributed by atoms with Crippen LogP contribution in [0.15, 0.2) is 83.9 Å². The summed E-state index contributed by atoms with van der Waals surface area (Å²) in [5.41, 5.74) is 3.74. The maximum atomic E-state index is 10.7. The maximum Gasteiger partial charge on any atom is 0.269 e. The Hall–Kier alpha value is -3.71. The first-order valence-corrected chi connectivity index (χ1v) is 8.13. The molecule has 0 spiro atoms. The van der Waals surface area contributed by atoms with Gasteiger partial charge in [-0.2, -0.15) is 0 Å². The summed E-state index contributed by atoms with van der Waals surface area (Å²) in [4.78, 5) is 14.8. The third-order valence-electron chi connectivity index (χ3n) is 3.73. The minimum absolute atomic E-state index is 0.0683. The second-order valence-electron chi connectivity index (χ2n) is 5.58. The van der Waals surface area contributed by atoms with Gasteiger partial charge in [0.1, 0.15) is 0 Å². The number of rotatable bonds is 4. The molecule has 0 N–H and O–H groups in total. The van der Waals surface area contributed by atoms with Crippen molar-refractivity contribution in [3.8, 4) is 11.8 Å². The first kappa shape index (κ1) is 17.1. The zero-order valence-electron chi connectivity index (χ0n) is 14.0. The van der Waals surface area contributed by atoms with E-state index in [-0.39, 0.29) is 5.69 Å². The van der Waals surface area contributed by atoms with Crippen molar-refractivity contribution in [1.29, 1.82) is 0 Å². The van der Waals surface area contributed by atoms with Crippen LogP contribution in [0.5, 0.6) is 0 Å². The molecule has 0 fully saturated rings. The number of para-hydroxylation sites is 1. The molecule has 0 aliphatic carbocycles. The van der Waals surface area contributed by atoms with Gasteiger partial charge in [-0.15, -0.1) is 0 Å². The fourth-order valence-electron chi connectivity index (χ4n) is 2.38. The molecule has 0 saturated carbocycles. The number of nitrogens with zero attached hydrogens (tertiary/aromatic N) is 2. The summed E-state index contributed by atoms with van der Waals surface area (Å²) in [5, 5.41) is 10.7. The van der Waals surface area contributed by atoms with Crippen molar-refractivity contribution in [3.05, 3.63) is 106 Å². The highest BCUT2D eigenvalue weighted by Gasteiger charge is 2.03. The van der Waals surface area contributed by atoms with Crippen molar-refractivity contribution in [2.24, 2.45) is 4.99 Å². The molecule has 26 heavy (non-hydrogen) atoms. The molecule has 4 heteroatoms. The molecule has 0 aromatic heterocycles. The van der Waals surface area contributed by atoms with E-state index in [0.29, 0.717) is 6.42 Å². The average molecular weight is 340 g/mol. The Balaban J connectivity index is 1.74. The van der Waals surface area contributed by atoms with Gasteiger partial charge in [0.05, 0.1) is 10.6 Å². The van der Waals surface area contributed by atoms with E-state index in [2.05, 4.69) is 16.8 Å². The van der Waals surface area contributed by atoms with Gasteiger partial charge < -0.3 is 0 Å². The molecule has 0 unspecified atom stereocenters. The van der Waals surface area contributed by atoms with Gasteiger partial charge in [0.15, 0.2) is 0 Å². The summed E-state index contributed by atoms with van der Waals surface area (Å²) >= 11 is 0. The number of hydrogen-bond donors (Lipinski definition) is 0.